The summed E-state index contributed by atoms with van der Waals surface area (Å²) in [7, 11) is 0. The first-order valence-corrected chi connectivity index (χ1v) is 5.00. The first-order valence-electron chi connectivity index (χ1n) is 5.00. The fourth-order valence-electron chi connectivity index (χ4n) is 2.28. The molecule has 0 radical (unpaired) electrons. The van der Waals surface area contributed by atoms with Gasteiger partial charge < -0.3 is 10.1 Å². The van der Waals surface area contributed by atoms with Gasteiger partial charge in [0.1, 0.15) is 6.10 Å². The van der Waals surface area contributed by atoms with Gasteiger partial charge in [0, 0.05) is 6.04 Å². The molecule has 74 valence electrons. The number of likely N-dealkylation sites (N-methyl/N-ethyl adjacent to an activating group) is 1. The number of amides is 1. The predicted octanol–water partition coefficient (Wildman–Crippen LogP) is 0.579. The zero-order valence-corrected chi connectivity index (χ0v) is 7.95. The average Bonchev–Trinajstić information content (AvgIpc) is 2.71. The van der Waals surface area contributed by atoms with E-state index in [1.807, 2.05) is 0 Å². The highest BCUT2D eigenvalue weighted by Crippen LogP contribution is 2.22. The van der Waals surface area contributed by atoms with Gasteiger partial charge in [0.05, 0.1) is 6.54 Å². The number of nitrogens with zero attached hydrogens (tertiary/aromatic N) is 1. The van der Waals surface area contributed by atoms with Crippen molar-refractivity contribution in [2.45, 2.75) is 31.9 Å². The molecule has 0 aromatic rings. The molecule has 2 aliphatic heterocycles. The highest BCUT2D eigenvalue weighted by atomic mass is 16.6. The number of ether oxygens (including phenoxy) is 1. The van der Waals surface area contributed by atoms with E-state index < -0.39 is 0 Å². The Morgan fingerprint density at radius 2 is 2.54 bits per heavy atom. The lowest BCUT2D eigenvalue weighted by Crippen LogP contribution is -2.40. The van der Waals surface area contributed by atoms with Crippen molar-refractivity contribution in [3.05, 3.63) is 0 Å². The zero-order valence-electron chi connectivity index (χ0n) is 7.95. The second-order valence-corrected chi connectivity index (χ2v) is 3.66. The third kappa shape index (κ3) is 1.63. The Morgan fingerprint density at radius 3 is 3.15 bits per heavy atom. The molecule has 0 aromatic carbocycles. The van der Waals surface area contributed by atoms with Crippen molar-refractivity contribution in [3.8, 4) is 0 Å². The van der Waals surface area contributed by atoms with Gasteiger partial charge in [0.15, 0.2) is 0 Å². The van der Waals surface area contributed by atoms with Crippen LogP contribution in [0.1, 0.15) is 19.8 Å². The van der Waals surface area contributed by atoms with Crippen molar-refractivity contribution in [2.24, 2.45) is 0 Å². The van der Waals surface area contributed by atoms with Gasteiger partial charge in [0.25, 0.3) is 0 Å². The molecule has 0 saturated carbocycles. The predicted molar refractivity (Wildman–Crippen MR) is 48.5 cm³/mol. The third-order valence-corrected chi connectivity index (χ3v) is 2.96. The van der Waals surface area contributed by atoms with Gasteiger partial charge in [0.2, 0.25) is 0 Å². The Labute approximate surface area is 78.2 Å². The molecule has 1 amide bonds. The molecular weight excluding hydrogens is 168 g/mol. The van der Waals surface area contributed by atoms with Crippen molar-refractivity contribution >= 4 is 6.09 Å². The van der Waals surface area contributed by atoms with Crippen LogP contribution in [-0.2, 0) is 4.74 Å². The van der Waals surface area contributed by atoms with Crippen LogP contribution in [-0.4, -0.2) is 42.8 Å². The summed E-state index contributed by atoms with van der Waals surface area (Å²) in [5.41, 5.74) is 0. The van der Waals surface area contributed by atoms with Crippen LogP contribution in [0.15, 0.2) is 0 Å². The normalized spacial score (nSPS) is 34.7. The first-order chi connectivity index (χ1) is 6.31. The van der Waals surface area contributed by atoms with Crippen LogP contribution in [0.3, 0.4) is 0 Å². The molecule has 0 bridgehead atoms. The van der Waals surface area contributed by atoms with E-state index in [-0.39, 0.29) is 12.2 Å². The second kappa shape index (κ2) is 3.54. The molecular formula is C9H16N2O2. The molecule has 2 unspecified atom stereocenters. The molecule has 1 N–H and O–H groups in total. The largest absolute Gasteiger partial charge is 0.443 e. The van der Waals surface area contributed by atoms with Crippen LogP contribution in [0.4, 0.5) is 4.79 Å². The highest BCUT2D eigenvalue weighted by Gasteiger charge is 2.36. The molecule has 0 aliphatic carbocycles. The minimum absolute atomic E-state index is 0.0787. The lowest BCUT2D eigenvalue weighted by atomic mass is 10.1. The van der Waals surface area contributed by atoms with Crippen molar-refractivity contribution in [3.63, 3.8) is 0 Å². The van der Waals surface area contributed by atoms with E-state index in [0.717, 1.165) is 19.5 Å². The van der Waals surface area contributed by atoms with Crippen LogP contribution in [0.2, 0.25) is 0 Å². The summed E-state index contributed by atoms with van der Waals surface area (Å²) >= 11 is 0. The maximum Gasteiger partial charge on any atom is 0.407 e. The van der Waals surface area contributed by atoms with Crippen LogP contribution in [0.25, 0.3) is 0 Å². The number of carbonyl (C=O) groups is 1. The molecule has 13 heavy (non-hydrogen) atoms. The highest BCUT2D eigenvalue weighted by molar-refractivity contribution is 5.69. The maximum atomic E-state index is 10.9. The van der Waals surface area contributed by atoms with Crippen LogP contribution < -0.4 is 5.32 Å². The molecule has 2 fully saturated rings. The Hall–Kier alpha value is -0.770. The molecule has 2 heterocycles. The number of carbonyl (C=O) groups excluding carboxylic acids is 1. The van der Waals surface area contributed by atoms with Crippen molar-refractivity contribution in [1.29, 1.82) is 0 Å². The standard InChI is InChI=1S/C9H16N2O2/c1-2-11-5-3-4-7(11)8-6-10-9(12)13-8/h7-8H,2-6H2,1H3,(H,10,12). The molecule has 0 aromatic heterocycles. The van der Waals surface area contributed by atoms with Crippen molar-refractivity contribution in [2.75, 3.05) is 19.6 Å². The minimum Gasteiger partial charge on any atom is -0.443 e. The van der Waals surface area contributed by atoms with Gasteiger partial charge in [-0.1, -0.05) is 6.92 Å². The van der Waals surface area contributed by atoms with E-state index in [4.69, 9.17) is 4.74 Å². The zero-order chi connectivity index (χ0) is 9.26. The number of nitrogens with one attached hydrogen (secondary N) is 1. The number of likely N-dealkylation sites (tertiary alicyclic amines) is 1. The Bertz CT molecular complexity index is 208. The lowest BCUT2D eigenvalue weighted by molar-refractivity contribution is 0.0814. The van der Waals surface area contributed by atoms with E-state index in [0.29, 0.717) is 12.6 Å². The summed E-state index contributed by atoms with van der Waals surface area (Å²) in [4.78, 5) is 13.2. The average molecular weight is 184 g/mol. The monoisotopic (exact) mass is 184 g/mol. The molecule has 2 atom stereocenters. The Balaban J connectivity index is 1.95. The van der Waals surface area contributed by atoms with E-state index in [2.05, 4.69) is 17.1 Å². The molecule has 2 aliphatic rings. The number of hydrogen-bond donors (Lipinski definition) is 1. The first kappa shape index (κ1) is 8.81. The van der Waals surface area contributed by atoms with Gasteiger partial charge in [-0.3, -0.25) is 4.90 Å². The Morgan fingerprint density at radius 1 is 1.69 bits per heavy atom. The van der Waals surface area contributed by atoms with Crippen LogP contribution in [0.5, 0.6) is 0 Å². The molecule has 0 spiro atoms. The van der Waals surface area contributed by atoms with Gasteiger partial charge in [-0.15, -0.1) is 0 Å². The SMILES string of the molecule is CCN1CCCC1C1CNC(=O)O1. The smallest absolute Gasteiger partial charge is 0.407 e. The quantitative estimate of drug-likeness (QED) is 0.682. The molecule has 2 saturated heterocycles. The van der Waals surface area contributed by atoms with Crippen LogP contribution >= 0.6 is 0 Å². The van der Waals surface area contributed by atoms with Gasteiger partial charge in [-0.25, -0.2) is 4.79 Å². The fourth-order valence-corrected chi connectivity index (χ4v) is 2.28. The van der Waals surface area contributed by atoms with E-state index in [1.54, 1.807) is 0 Å². The number of cyclic esters (lactones) is 1. The summed E-state index contributed by atoms with van der Waals surface area (Å²) in [6.07, 6.45) is 2.21. The maximum absolute atomic E-state index is 10.9. The topological polar surface area (TPSA) is 41.6 Å². The summed E-state index contributed by atoms with van der Waals surface area (Å²) in [5, 5.41) is 2.70. The van der Waals surface area contributed by atoms with Gasteiger partial charge in [-0.05, 0) is 25.9 Å². The van der Waals surface area contributed by atoms with E-state index in [1.165, 1.54) is 6.42 Å². The molecule has 4 nitrogen and oxygen atoms in total. The van der Waals surface area contributed by atoms with Gasteiger partial charge >= 0.3 is 6.09 Å². The Kier molecular flexibility index (Phi) is 2.40. The fraction of sp³-hybridized carbons (Fsp3) is 0.889. The number of alkyl carbamates (subject to hydrolysis) is 1. The number of rotatable bonds is 2. The lowest BCUT2D eigenvalue weighted by Gasteiger charge is -2.26. The second-order valence-electron chi connectivity index (χ2n) is 3.66. The minimum atomic E-state index is -0.257. The molecule has 2 rings (SSSR count). The van der Waals surface area contributed by atoms with E-state index in [9.17, 15) is 4.79 Å². The van der Waals surface area contributed by atoms with E-state index >= 15 is 0 Å². The summed E-state index contributed by atoms with van der Waals surface area (Å²) in [6, 6.07) is 0.448. The van der Waals surface area contributed by atoms with Gasteiger partial charge in [-0.2, -0.15) is 0 Å². The number of hydrogen-bond acceptors (Lipinski definition) is 3. The third-order valence-electron chi connectivity index (χ3n) is 2.96. The van der Waals surface area contributed by atoms with Crippen molar-refractivity contribution in [1.82, 2.24) is 10.2 Å². The summed E-state index contributed by atoms with van der Waals surface area (Å²) in [5.74, 6) is 0. The van der Waals surface area contributed by atoms with Crippen molar-refractivity contribution < 1.29 is 9.53 Å². The summed E-state index contributed by atoms with van der Waals surface area (Å²) in [6.45, 7) is 5.04. The van der Waals surface area contributed by atoms with Crippen LogP contribution in [0, 0.1) is 0 Å². The molecule has 4 heteroatoms. The summed E-state index contributed by atoms with van der Waals surface area (Å²) < 4.78 is 5.19.